The number of hydrogen-bond acceptors (Lipinski definition) is 7. The van der Waals surface area contributed by atoms with E-state index in [1.165, 1.54) is 7.11 Å². The number of H-pyrrole nitrogens is 2. The fraction of sp³-hybridized carbons (Fsp3) is 0.378. The van der Waals surface area contributed by atoms with E-state index in [0.717, 1.165) is 86.6 Å². The van der Waals surface area contributed by atoms with Gasteiger partial charge < -0.3 is 40.2 Å². The van der Waals surface area contributed by atoms with Crippen molar-refractivity contribution in [2.75, 3.05) is 20.2 Å². The van der Waals surface area contributed by atoms with Crippen LogP contribution in [0.3, 0.4) is 0 Å². The standard InChI is InChI=1S/C45H50N8O6/c1-24(2)38(50-44(56)57)42(54)52-18-6-8-36(52)40-46-32-16-14-30(22-34(32)48-40)28-12-10-27-21-29(13-11-26(27)20-28)31-15-17-33-35(23-31)49-41(47-33)37-9-7-19-53(37)43(55)39(25(3)4)51-45(58)59-5/h10-17,20-25,36-39,50H,6-9,18-19H2,1-5H3,(H,46,48)(H,47,49)(H,51,58)(H,56,57)/t36-,37?,38-,39-/m0/s1. The molecule has 2 saturated heterocycles. The Labute approximate surface area is 341 Å². The van der Waals surface area contributed by atoms with E-state index in [9.17, 15) is 24.3 Å². The van der Waals surface area contributed by atoms with Crippen LogP contribution in [0.25, 0.3) is 55.1 Å². The minimum Gasteiger partial charge on any atom is -0.465 e. The number of aromatic nitrogens is 4. The van der Waals surface area contributed by atoms with Crippen LogP contribution in [0.15, 0.2) is 72.8 Å². The second-order valence-corrected chi connectivity index (χ2v) is 16.4. The number of alkyl carbamates (subject to hydrolysis) is 1. The van der Waals surface area contributed by atoms with E-state index in [0.29, 0.717) is 18.9 Å². The summed E-state index contributed by atoms with van der Waals surface area (Å²) < 4.78 is 4.78. The maximum atomic E-state index is 13.7. The summed E-state index contributed by atoms with van der Waals surface area (Å²) >= 11 is 0. The fourth-order valence-corrected chi connectivity index (χ4v) is 8.66. The predicted octanol–water partition coefficient (Wildman–Crippen LogP) is 7.93. The van der Waals surface area contributed by atoms with Crippen molar-refractivity contribution in [3.63, 3.8) is 0 Å². The largest absolute Gasteiger partial charge is 0.465 e. The lowest BCUT2D eigenvalue weighted by molar-refractivity contribution is -0.136. The topological polar surface area (TPSA) is 186 Å². The Bertz CT molecular complexity index is 2580. The number of rotatable bonds is 10. The molecular weight excluding hydrogens is 749 g/mol. The van der Waals surface area contributed by atoms with Gasteiger partial charge in [-0.15, -0.1) is 0 Å². The van der Waals surface area contributed by atoms with Crippen LogP contribution in [0.4, 0.5) is 9.59 Å². The summed E-state index contributed by atoms with van der Waals surface area (Å²) in [5, 5.41) is 16.6. The first-order valence-corrected chi connectivity index (χ1v) is 20.4. The second kappa shape index (κ2) is 16.1. The molecule has 0 saturated carbocycles. The molecule has 5 N–H and O–H groups in total. The fourth-order valence-electron chi connectivity index (χ4n) is 8.66. The number of ether oxygens (including phenoxy) is 1. The van der Waals surface area contributed by atoms with Crippen molar-refractivity contribution < 1.29 is 29.0 Å². The average Bonchev–Trinajstić information content (AvgIpc) is 4.05. The normalized spacial score (nSPS) is 17.9. The molecule has 2 aliphatic rings. The molecule has 0 bridgehead atoms. The van der Waals surface area contributed by atoms with E-state index < -0.39 is 24.3 Å². The van der Waals surface area contributed by atoms with Gasteiger partial charge in [-0.25, -0.2) is 19.6 Å². The molecule has 14 heteroatoms. The van der Waals surface area contributed by atoms with Crippen molar-refractivity contribution in [2.45, 2.75) is 77.5 Å². The molecule has 0 aliphatic carbocycles. The van der Waals surface area contributed by atoms with Crippen LogP contribution in [-0.2, 0) is 14.3 Å². The molecule has 2 aromatic heterocycles. The summed E-state index contributed by atoms with van der Waals surface area (Å²) in [6, 6.07) is 23.2. The third-order valence-electron chi connectivity index (χ3n) is 11.8. The van der Waals surface area contributed by atoms with Gasteiger partial charge in [0.25, 0.3) is 0 Å². The Morgan fingerprint density at radius 3 is 1.51 bits per heavy atom. The Morgan fingerprint density at radius 1 is 0.661 bits per heavy atom. The Hall–Kier alpha value is -6.44. The van der Waals surface area contributed by atoms with Crippen molar-refractivity contribution in [1.82, 2.24) is 40.4 Å². The summed E-state index contributed by atoms with van der Waals surface area (Å²) in [4.78, 5) is 71.0. The van der Waals surface area contributed by atoms with Crippen molar-refractivity contribution in [1.29, 1.82) is 0 Å². The lowest BCUT2D eigenvalue weighted by Crippen LogP contribution is -2.51. The molecule has 4 amide bonds. The molecule has 59 heavy (non-hydrogen) atoms. The van der Waals surface area contributed by atoms with Gasteiger partial charge in [0.05, 0.1) is 41.3 Å². The van der Waals surface area contributed by atoms with Crippen LogP contribution < -0.4 is 10.6 Å². The van der Waals surface area contributed by atoms with E-state index in [2.05, 4.69) is 81.3 Å². The van der Waals surface area contributed by atoms with Crippen LogP contribution >= 0.6 is 0 Å². The number of benzene rings is 4. The number of methoxy groups -OCH3 is 1. The molecule has 4 aromatic carbocycles. The van der Waals surface area contributed by atoms with Crippen LogP contribution in [0.2, 0.25) is 0 Å². The molecule has 0 radical (unpaired) electrons. The number of carbonyl (C=O) groups is 4. The molecule has 4 heterocycles. The van der Waals surface area contributed by atoms with Gasteiger partial charge in [-0.05, 0) is 107 Å². The van der Waals surface area contributed by atoms with Gasteiger partial charge in [0.2, 0.25) is 11.8 Å². The molecule has 306 valence electrons. The second-order valence-electron chi connectivity index (χ2n) is 16.4. The summed E-state index contributed by atoms with van der Waals surface area (Å²) in [6.07, 6.45) is 1.35. The number of nitrogens with one attached hydrogen (secondary N) is 4. The highest BCUT2D eigenvalue weighted by molar-refractivity contribution is 5.93. The number of hydrogen-bond donors (Lipinski definition) is 5. The predicted molar refractivity (Wildman–Crippen MR) is 225 cm³/mol. The highest BCUT2D eigenvalue weighted by atomic mass is 16.5. The van der Waals surface area contributed by atoms with E-state index in [4.69, 9.17) is 14.7 Å². The number of fused-ring (bicyclic) bond motifs is 3. The van der Waals surface area contributed by atoms with Crippen LogP contribution in [0, 0.1) is 11.8 Å². The van der Waals surface area contributed by atoms with Crippen LogP contribution in [-0.4, -0.2) is 91.1 Å². The number of nitrogens with zero attached hydrogens (tertiary/aromatic N) is 4. The van der Waals surface area contributed by atoms with E-state index in [-0.39, 0.29) is 35.7 Å². The third-order valence-corrected chi connectivity index (χ3v) is 11.8. The zero-order valence-corrected chi connectivity index (χ0v) is 33.9. The smallest absolute Gasteiger partial charge is 0.407 e. The van der Waals surface area contributed by atoms with Crippen molar-refractivity contribution in [2.24, 2.45) is 11.8 Å². The monoisotopic (exact) mass is 798 g/mol. The molecule has 0 spiro atoms. The van der Waals surface area contributed by atoms with Crippen molar-refractivity contribution >= 4 is 56.8 Å². The van der Waals surface area contributed by atoms with Gasteiger partial charge in [0, 0.05) is 13.1 Å². The maximum Gasteiger partial charge on any atom is 0.407 e. The minimum absolute atomic E-state index is 0.111. The number of likely N-dealkylation sites (tertiary alicyclic amines) is 2. The summed E-state index contributed by atoms with van der Waals surface area (Å²) in [7, 11) is 1.29. The Balaban J connectivity index is 0.997. The first-order chi connectivity index (χ1) is 28.4. The first kappa shape index (κ1) is 39.4. The molecular formula is C45H50N8O6. The van der Waals surface area contributed by atoms with E-state index in [1.807, 2.05) is 44.7 Å². The molecule has 2 aliphatic heterocycles. The van der Waals surface area contributed by atoms with Gasteiger partial charge in [0.1, 0.15) is 23.7 Å². The Kier molecular flexibility index (Phi) is 10.7. The number of imidazole rings is 2. The van der Waals surface area contributed by atoms with E-state index in [1.54, 1.807) is 4.90 Å². The molecule has 6 aromatic rings. The Morgan fingerprint density at radius 2 is 1.08 bits per heavy atom. The highest BCUT2D eigenvalue weighted by Crippen LogP contribution is 2.36. The minimum atomic E-state index is -1.21. The number of carbonyl (C=O) groups excluding carboxylic acids is 3. The SMILES string of the molecule is COC(=O)N[C@H](C(=O)N1CCCC1c1nc2cc(-c3ccc4cc(-c5ccc6[nH]c([C@@H]7CCCN7C(=O)[C@@H](NC(=O)O)C(C)C)nc6c5)ccc4c3)ccc2[nH]1)C(C)C. The summed E-state index contributed by atoms with van der Waals surface area (Å²) in [6.45, 7) is 8.63. The lowest BCUT2D eigenvalue weighted by atomic mass is 9.97. The molecule has 8 rings (SSSR count). The molecule has 2 fully saturated rings. The lowest BCUT2D eigenvalue weighted by Gasteiger charge is -2.29. The van der Waals surface area contributed by atoms with Gasteiger partial charge in [-0.3, -0.25) is 9.59 Å². The number of aromatic amines is 2. The van der Waals surface area contributed by atoms with Crippen LogP contribution in [0.5, 0.6) is 0 Å². The summed E-state index contributed by atoms with van der Waals surface area (Å²) in [5.74, 6) is 0.774. The summed E-state index contributed by atoms with van der Waals surface area (Å²) in [5.41, 5.74) is 7.56. The van der Waals surface area contributed by atoms with Gasteiger partial charge in [-0.1, -0.05) is 64.1 Å². The van der Waals surface area contributed by atoms with Gasteiger partial charge in [-0.2, -0.15) is 0 Å². The van der Waals surface area contributed by atoms with E-state index >= 15 is 0 Å². The zero-order valence-electron chi connectivity index (χ0n) is 33.9. The molecule has 14 nitrogen and oxygen atoms in total. The third kappa shape index (κ3) is 7.78. The van der Waals surface area contributed by atoms with Crippen LogP contribution in [0.1, 0.15) is 77.1 Å². The number of carboxylic acid groups (broad SMARTS) is 1. The quantitative estimate of drug-likeness (QED) is 0.0925. The zero-order chi connectivity index (χ0) is 41.5. The maximum absolute atomic E-state index is 13.7. The highest BCUT2D eigenvalue weighted by Gasteiger charge is 2.39. The first-order valence-electron chi connectivity index (χ1n) is 20.4. The van der Waals surface area contributed by atoms with Crippen molar-refractivity contribution in [3.05, 3.63) is 84.4 Å². The van der Waals surface area contributed by atoms with Gasteiger partial charge >= 0.3 is 12.2 Å². The molecule has 4 atom stereocenters. The average molecular weight is 799 g/mol. The van der Waals surface area contributed by atoms with Crippen molar-refractivity contribution in [3.8, 4) is 22.3 Å². The molecule has 1 unspecified atom stereocenters. The number of amides is 4. The van der Waals surface area contributed by atoms with Gasteiger partial charge in [0.15, 0.2) is 0 Å².